The van der Waals surface area contributed by atoms with Gasteiger partial charge in [-0.25, -0.2) is 15.0 Å². The van der Waals surface area contributed by atoms with Crippen molar-refractivity contribution < 1.29 is 0 Å². The van der Waals surface area contributed by atoms with E-state index >= 15 is 0 Å². The number of hydrogen-bond donors (Lipinski definition) is 0. The van der Waals surface area contributed by atoms with Crippen molar-refractivity contribution in [3.8, 4) is 39.6 Å². The second-order valence-corrected chi connectivity index (χ2v) is 14.4. The average Bonchev–Trinajstić information content (AvgIpc) is 3.79. The molecule has 0 saturated heterocycles. The minimum Gasteiger partial charge on any atom is -0.333 e. The van der Waals surface area contributed by atoms with Gasteiger partial charge in [-0.1, -0.05) is 158 Å². The summed E-state index contributed by atoms with van der Waals surface area (Å²) in [6.45, 7) is 0. The van der Waals surface area contributed by atoms with Crippen LogP contribution in [-0.4, -0.2) is 25.6 Å². The van der Waals surface area contributed by atoms with Crippen molar-refractivity contribution in [1.82, 2.24) is 19.5 Å². The Morgan fingerprint density at radius 2 is 1.02 bits per heavy atom. The largest absolute Gasteiger partial charge is 0.333 e. The van der Waals surface area contributed by atoms with Gasteiger partial charge in [0, 0.05) is 50.5 Å². The average molecular weight is 718 g/mol. The maximum absolute atomic E-state index is 5.05. The number of anilines is 2. The van der Waals surface area contributed by atoms with E-state index in [0.29, 0.717) is 17.5 Å². The van der Waals surface area contributed by atoms with Crippen molar-refractivity contribution in [2.75, 3.05) is 4.90 Å². The molecule has 0 amide bonds. The molecule has 0 N–H and O–H groups in total. The summed E-state index contributed by atoms with van der Waals surface area (Å²) in [6, 6.07) is 64.4. The predicted molar refractivity (Wildman–Crippen MR) is 229 cm³/mol. The lowest BCUT2D eigenvalue weighted by Gasteiger charge is -2.30. The summed E-state index contributed by atoms with van der Waals surface area (Å²) < 4.78 is 2.38. The van der Waals surface area contributed by atoms with E-state index in [1.807, 2.05) is 36.4 Å². The molecule has 5 heteroatoms. The number of fused-ring (bicyclic) bond motifs is 6. The van der Waals surface area contributed by atoms with Crippen LogP contribution in [0.15, 0.2) is 200 Å². The maximum atomic E-state index is 5.05. The molecule has 1 aliphatic carbocycles. The molecule has 0 saturated carbocycles. The van der Waals surface area contributed by atoms with Gasteiger partial charge in [-0.15, -0.1) is 0 Å². The summed E-state index contributed by atoms with van der Waals surface area (Å²) >= 11 is 0. The number of aromatic nitrogens is 4. The van der Waals surface area contributed by atoms with Crippen LogP contribution in [0.2, 0.25) is 0 Å². The van der Waals surface area contributed by atoms with Gasteiger partial charge in [-0.3, -0.25) is 0 Å². The van der Waals surface area contributed by atoms with Crippen molar-refractivity contribution in [2.45, 2.75) is 12.0 Å². The highest BCUT2D eigenvalue weighted by Gasteiger charge is 2.38. The Kier molecular flexibility index (Phi) is 7.56. The van der Waals surface area contributed by atoms with Crippen LogP contribution in [-0.2, 0) is 0 Å². The van der Waals surface area contributed by atoms with Crippen LogP contribution in [0, 0.1) is 0 Å². The molecule has 7 aromatic carbocycles. The van der Waals surface area contributed by atoms with Crippen LogP contribution in [0.5, 0.6) is 0 Å². The smallest absolute Gasteiger partial charge is 0.164 e. The summed E-state index contributed by atoms with van der Waals surface area (Å²) in [4.78, 5) is 17.5. The lowest BCUT2D eigenvalue weighted by atomic mass is 9.88. The van der Waals surface area contributed by atoms with Gasteiger partial charge >= 0.3 is 0 Å². The minimum absolute atomic E-state index is 0.0958. The first-order valence-corrected chi connectivity index (χ1v) is 19.1. The second-order valence-electron chi connectivity index (χ2n) is 14.4. The summed E-state index contributed by atoms with van der Waals surface area (Å²) in [5.41, 5.74) is 12.5. The van der Waals surface area contributed by atoms with Gasteiger partial charge in [0.1, 0.15) is 0 Å². The fourth-order valence-corrected chi connectivity index (χ4v) is 8.58. The van der Waals surface area contributed by atoms with Crippen LogP contribution < -0.4 is 4.90 Å². The topological polar surface area (TPSA) is 46.8 Å². The molecule has 2 atom stereocenters. The van der Waals surface area contributed by atoms with Gasteiger partial charge in [-0.05, 0) is 59.2 Å². The molecule has 11 rings (SSSR count). The number of hydrogen-bond acceptors (Lipinski definition) is 4. The highest BCUT2D eigenvalue weighted by Crippen LogP contribution is 2.49. The molecule has 2 aliphatic rings. The Labute approximate surface area is 325 Å². The van der Waals surface area contributed by atoms with Crippen LogP contribution in [0.4, 0.5) is 11.4 Å². The van der Waals surface area contributed by atoms with Crippen LogP contribution >= 0.6 is 0 Å². The van der Waals surface area contributed by atoms with Gasteiger partial charge < -0.3 is 9.47 Å². The van der Waals surface area contributed by atoms with E-state index < -0.39 is 0 Å². The number of nitrogens with zero attached hydrogens (tertiary/aromatic N) is 5. The van der Waals surface area contributed by atoms with E-state index in [1.165, 1.54) is 44.2 Å². The zero-order valence-electron chi connectivity index (χ0n) is 30.4. The Morgan fingerprint density at radius 3 is 1.79 bits per heavy atom. The van der Waals surface area contributed by atoms with Crippen molar-refractivity contribution in [1.29, 1.82) is 0 Å². The molecule has 56 heavy (non-hydrogen) atoms. The van der Waals surface area contributed by atoms with Gasteiger partial charge in [0.05, 0.1) is 17.1 Å². The molecule has 9 aromatic rings. The fourth-order valence-electron chi connectivity index (χ4n) is 8.58. The lowest BCUT2D eigenvalue weighted by molar-refractivity contribution is 0.746. The fraction of sp³-hybridized carbons (Fsp3) is 0.0392. The zero-order chi connectivity index (χ0) is 37.0. The monoisotopic (exact) mass is 717 g/mol. The predicted octanol–water partition coefficient (Wildman–Crippen LogP) is 12.2. The van der Waals surface area contributed by atoms with Gasteiger partial charge in [-0.2, -0.15) is 0 Å². The van der Waals surface area contributed by atoms with Crippen LogP contribution in [0.25, 0.3) is 67.0 Å². The minimum atomic E-state index is 0.0958. The number of rotatable bonds is 6. The third-order valence-corrected chi connectivity index (χ3v) is 11.2. The molecule has 0 spiro atoms. The number of allylic oxidation sites excluding steroid dienone is 2. The number of benzene rings is 7. The Hall–Kier alpha value is -7.37. The molecule has 0 fully saturated rings. The normalized spacial score (nSPS) is 15.9. The number of para-hydroxylation sites is 3. The van der Waals surface area contributed by atoms with E-state index in [0.717, 1.165) is 28.1 Å². The quantitative estimate of drug-likeness (QED) is 0.172. The van der Waals surface area contributed by atoms with Gasteiger partial charge in [0.15, 0.2) is 17.5 Å². The molecule has 0 radical (unpaired) electrons. The molecule has 2 aromatic heterocycles. The second kappa shape index (κ2) is 13.2. The molecule has 0 bridgehead atoms. The van der Waals surface area contributed by atoms with E-state index in [2.05, 4.69) is 173 Å². The van der Waals surface area contributed by atoms with E-state index in [-0.39, 0.29) is 12.0 Å². The van der Waals surface area contributed by atoms with Crippen molar-refractivity contribution in [3.63, 3.8) is 0 Å². The maximum Gasteiger partial charge on any atom is 0.164 e. The molecular weight excluding hydrogens is 683 g/mol. The van der Waals surface area contributed by atoms with E-state index in [9.17, 15) is 0 Å². The van der Waals surface area contributed by atoms with Crippen LogP contribution in [0.1, 0.15) is 17.3 Å². The molecule has 1 aliphatic heterocycles. The summed E-state index contributed by atoms with van der Waals surface area (Å²) in [5, 5.41) is 2.51. The summed E-state index contributed by atoms with van der Waals surface area (Å²) in [7, 11) is 0. The first-order chi connectivity index (χ1) is 27.8. The third kappa shape index (κ3) is 5.36. The molecule has 3 heterocycles. The third-order valence-electron chi connectivity index (χ3n) is 11.2. The molecular formula is C51H35N5. The summed E-state index contributed by atoms with van der Waals surface area (Å²) in [5.74, 6) is 2.12. The summed E-state index contributed by atoms with van der Waals surface area (Å²) in [6.07, 6.45) is 6.87. The zero-order valence-corrected chi connectivity index (χ0v) is 30.4. The highest BCUT2D eigenvalue weighted by molar-refractivity contribution is 6.10. The van der Waals surface area contributed by atoms with Crippen LogP contribution in [0.3, 0.4) is 0 Å². The first-order valence-electron chi connectivity index (χ1n) is 19.1. The van der Waals surface area contributed by atoms with Crippen molar-refractivity contribution in [3.05, 3.63) is 212 Å². The Balaban J connectivity index is 0.987. The lowest BCUT2D eigenvalue weighted by Crippen LogP contribution is -2.29. The Morgan fingerprint density at radius 1 is 0.429 bits per heavy atom. The van der Waals surface area contributed by atoms with Crippen molar-refractivity contribution in [2.24, 2.45) is 0 Å². The molecule has 5 nitrogen and oxygen atoms in total. The van der Waals surface area contributed by atoms with Gasteiger partial charge in [0.2, 0.25) is 0 Å². The Bertz CT molecular complexity index is 2930. The first kappa shape index (κ1) is 32.1. The van der Waals surface area contributed by atoms with E-state index in [4.69, 9.17) is 15.0 Å². The highest BCUT2D eigenvalue weighted by atomic mass is 15.2. The molecule has 2 unspecified atom stereocenters. The SMILES string of the molecule is C1=CC2C(C=C1c1nc(-c3ccccc3)nc(-c3ccccc3)n1)c1ccccc1N2c1cccc(-c2ccc3c4ccccc4n(-c4ccccc4)c3c2)c1. The van der Waals surface area contributed by atoms with Gasteiger partial charge in [0.25, 0.3) is 0 Å². The standard InChI is InChI=1S/C51H35N5/c1-4-15-34(16-5-1)49-52-50(35-17-6-2-7-18-35)54-51(53-49)38-28-30-47-44(32-38)42-24-11-13-26-46(42)56(47)40-22-14-19-36(31-40)37-27-29-43-41-23-10-12-25-45(41)55(48(43)33-37)39-20-8-3-9-21-39/h1-33,44,47H. The molecule has 264 valence electrons. The van der Waals surface area contributed by atoms with Crippen molar-refractivity contribution >= 4 is 38.8 Å². The van der Waals surface area contributed by atoms with E-state index in [1.54, 1.807) is 0 Å².